The fourth-order valence-electron chi connectivity index (χ4n) is 4.08. The lowest BCUT2D eigenvalue weighted by Gasteiger charge is -2.44. The van der Waals surface area contributed by atoms with Crippen LogP contribution in [0.2, 0.25) is 5.02 Å². The first-order valence-corrected chi connectivity index (χ1v) is 9.73. The lowest BCUT2D eigenvalue weighted by atomic mass is 9.68. The summed E-state index contributed by atoms with van der Waals surface area (Å²) in [5.41, 5.74) is 2.41. The summed E-state index contributed by atoms with van der Waals surface area (Å²) in [6, 6.07) is 18.2. The Bertz CT molecular complexity index is 756. The van der Waals surface area contributed by atoms with E-state index in [0.29, 0.717) is 6.42 Å². The van der Waals surface area contributed by atoms with E-state index in [9.17, 15) is 5.11 Å². The number of hydrogen-bond donors (Lipinski definition) is 1. The zero-order chi connectivity index (χ0) is 18.6. The van der Waals surface area contributed by atoms with Gasteiger partial charge in [0.25, 0.3) is 0 Å². The average Bonchev–Trinajstić information content (AvgIpc) is 2.61. The normalized spacial score (nSPS) is 25.0. The van der Waals surface area contributed by atoms with Gasteiger partial charge in [-0.25, -0.2) is 0 Å². The summed E-state index contributed by atoms with van der Waals surface area (Å²) in [6.07, 6.45) is 5.82. The van der Waals surface area contributed by atoms with E-state index in [1.165, 1.54) is 0 Å². The van der Waals surface area contributed by atoms with Crippen molar-refractivity contribution in [3.8, 4) is 0 Å². The van der Waals surface area contributed by atoms with Crippen LogP contribution in [0.4, 0.5) is 0 Å². The lowest BCUT2D eigenvalue weighted by Crippen LogP contribution is -2.48. The van der Waals surface area contributed by atoms with Crippen LogP contribution >= 0.6 is 11.6 Å². The second kappa shape index (κ2) is 8.39. The molecule has 2 atom stereocenters. The molecule has 2 unspecified atom stereocenters. The van der Waals surface area contributed by atoms with Crippen molar-refractivity contribution >= 4 is 17.7 Å². The Balaban J connectivity index is 2.01. The van der Waals surface area contributed by atoms with Crippen LogP contribution in [0.25, 0.3) is 6.08 Å². The highest BCUT2D eigenvalue weighted by Gasteiger charge is 2.43. The smallest absolute Gasteiger partial charge is 0.0940 e. The summed E-state index contributed by atoms with van der Waals surface area (Å²) >= 11 is 6.43. The minimum atomic E-state index is -0.872. The van der Waals surface area contributed by atoms with Gasteiger partial charge in [0.05, 0.1) is 5.60 Å². The third kappa shape index (κ3) is 4.37. The Hall–Kier alpha value is -1.61. The molecule has 0 amide bonds. The van der Waals surface area contributed by atoms with Crippen LogP contribution in [0.15, 0.2) is 60.2 Å². The number of rotatable bonds is 5. The Kier molecular flexibility index (Phi) is 6.18. The first-order chi connectivity index (χ1) is 12.5. The summed E-state index contributed by atoms with van der Waals surface area (Å²) in [4.78, 5) is 2.17. The molecule has 0 bridgehead atoms. The molecule has 3 rings (SSSR count). The van der Waals surface area contributed by atoms with Gasteiger partial charge in [-0.05, 0) is 56.1 Å². The fraction of sp³-hybridized carbons (Fsp3) is 0.391. The largest absolute Gasteiger partial charge is 0.385 e. The Morgan fingerprint density at radius 1 is 1.12 bits per heavy atom. The van der Waals surface area contributed by atoms with Gasteiger partial charge < -0.3 is 10.0 Å². The minimum Gasteiger partial charge on any atom is -0.385 e. The number of benzene rings is 2. The van der Waals surface area contributed by atoms with Crippen molar-refractivity contribution in [2.75, 3.05) is 20.6 Å². The molecule has 2 aromatic carbocycles. The molecule has 1 saturated carbocycles. The molecule has 0 aliphatic heterocycles. The third-order valence-electron chi connectivity index (χ3n) is 5.37. The molecule has 26 heavy (non-hydrogen) atoms. The lowest BCUT2D eigenvalue weighted by molar-refractivity contribution is -0.0123. The first-order valence-electron chi connectivity index (χ1n) is 9.35. The van der Waals surface area contributed by atoms with Crippen LogP contribution in [0.3, 0.4) is 0 Å². The number of aliphatic hydroxyl groups is 1. The molecule has 0 saturated heterocycles. The number of nitrogens with zero attached hydrogens (tertiary/aromatic N) is 1. The molecule has 1 aliphatic carbocycles. The van der Waals surface area contributed by atoms with Crippen molar-refractivity contribution in [3.63, 3.8) is 0 Å². The second-order valence-corrected chi connectivity index (χ2v) is 8.03. The maximum Gasteiger partial charge on any atom is 0.0940 e. The quantitative estimate of drug-likeness (QED) is 0.796. The molecule has 1 aliphatic rings. The summed E-state index contributed by atoms with van der Waals surface area (Å²) in [5, 5.41) is 12.7. The van der Waals surface area contributed by atoms with Crippen molar-refractivity contribution in [3.05, 3.63) is 76.3 Å². The van der Waals surface area contributed by atoms with Gasteiger partial charge in [0, 0.05) is 23.9 Å². The fourth-order valence-corrected chi connectivity index (χ4v) is 4.28. The average molecular weight is 370 g/mol. The van der Waals surface area contributed by atoms with Gasteiger partial charge in [-0.2, -0.15) is 0 Å². The minimum absolute atomic E-state index is 0.192. The predicted molar refractivity (Wildman–Crippen MR) is 110 cm³/mol. The zero-order valence-corrected chi connectivity index (χ0v) is 16.4. The molecule has 0 spiro atoms. The molecular weight excluding hydrogens is 342 g/mol. The van der Waals surface area contributed by atoms with Crippen molar-refractivity contribution in [1.29, 1.82) is 0 Å². The van der Waals surface area contributed by atoms with Gasteiger partial charge >= 0.3 is 0 Å². The summed E-state index contributed by atoms with van der Waals surface area (Å²) in [6.45, 7) is 0.868. The van der Waals surface area contributed by atoms with Crippen molar-refractivity contribution < 1.29 is 5.11 Å². The zero-order valence-electron chi connectivity index (χ0n) is 15.7. The Morgan fingerprint density at radius 2 is 1.81 bits per heavy atom. The molecule has 3 heteroatoms. The maximum atomic E-state index is 11.9. The van der Waals surface area contributed by atoms with Crippen molar-refractivity contribution in [2.45, 2.75) is 31.3 Å². The van der Waals surface area contributed by atoms with Gasteiger partial charge in [0.2, 0.25) is 0 Å². The molecular formula is C23H28ClNO. The Labute approximate surface area is 162 Å². The Morgan fingerprint density at radius 3 is 2.50 bits per heavy atom. The standard InChI is InChI=1S/C23H28ClNO/c1-25(2)17-21-13-8-12-20(15-18-9-4-3-5-10-18)23(21,26)16-19-11-6-7-14-22(19)24/h3-7,9-11,14-15,21,26H,8,12-13,16-17H2,1-2H3/b20-15-. The van der Waals surface area contributed by atoms with Gasteiger partial charge in [0.1, 0.15) is 0 Å². The highest BCUT2D eigenvalue weighted by molar-refractivity contribution is 6.31. The van der Waals surface area contributed by atoms with E-state index >= 15 is 0 Å². The van der Waals surface area contributed by atoms with Crippen molar-refractivity contribution in [1.82, 2.24) is 4.90 Å². The van der Waals surface area contributed by atoms with Crippen LogP contribution in [-0.2, 0) is 6.42 Å². The summed E-state index contributed by atoms with van der Waals surface area (Å²) in [5.74, 6) is 0.192. The maximum absolute atomic E-state index is 11.9. The van der Waals surface area contributed by atoms with E-state index in [0.717, 1.165) is 47.5 Å². The van der Waals surface area contributed by atoms with Crippen LogP contribution in [0, 0.1) is 5.92 Å². The van der Waals surface area contributed by atoms with E-state index in [2.05, 4.69) is 37.2 Å². The van der Waals surface area contributed by atoms with Crippen LogP contribution < -0.4 is 0 Å². The first kappa shape index (κ1) is 19.2. The SMILES string of the molecule is CN(C)CC1CCC/C(=C/c2ccccc2)C1(O)Cc1ccccc1Cl. The molecule has 138 valence electrons. The molecule has 0 heterocycles. The summed E-state index contributed by atoms with van der Waals surface area (Å²) in [7, 11) is 4.15. The second-order valence-electron chi connectivity index (χ2n) is 7.62. The highest BCUT2D eigenvalue weighted by atomic mass is 35.5. The van der Waals surface area contributed by atoms with E-state index in [4.69, 9.17) is 11.6 Å². The van der Waals surface area contributed by atoms with Gasteiger partial charge in [-0.15, -0.1) is 0 Å². The van der Waals surface area contributed by atoms with E-state index in [1.54, 1.807) is 0 Å². The number of hydrogen-bond acceptors (Lipinski definition) is 2. The molecule has 0 radical (unpaired) electrons. The van der Waals surface area contributed by atoms with Crippen LogP contribution in [0.1, 0.15) is 30.4 Å². The van der Waals surface area contributed by atoms with Crippen LogP contribution in [0.5, 0.6) is 0 Å². The van der Waals surface area contributed by atoms with E-state index < -0.39 is 5.60 Å². The topological polar surface area (TPSA) is 23.5 Å². The van der Waals surface area contributed by atoms with E-state index in [1.807, 2.05) is 42.5 Å². The number of halogens is 1. The third-order valence-corrected chi connectivity index (χ3v) is 5.74. The predicted octanol–water partition coefficient (Wildman–Crippen LogP) is 5.06. The van der Waals surface area contributed by atoms with E-state index in [-0.39, 0.29) is 5.92 Å². The van der Waals surface area contributed by atoms with Crippen molar-refractivity contribution in [2.24, 2.45) is 5.92 Å². The molecule has 1 fully saturated rings. The monoisotopic (exact) mass is 369 g/mol. The molecule has 1 N–H and O–H groups in total. The highest BCUT2D eigenvalue weighted by Crippen LogP contribution is 2.42. The summed E-state index contributed by atoms with van der Waals surface area (Å²) < 4.78 is 0. The molecule has 2 nitrogen and oxygen atoms in total. The van der Waals surface area contributed by atoms with Gasteiger partial charge in [-0.3, -0.25) is 0 Å². The molecule has 0 aromatic heterocycles. The molecule has 2 aromatic rings. The van der Waals surface area contributed by atoms with Gasteiger partial charge in [-0.1, -0.05) is 66.2 Å². The van der Waals surface area contributed by atoms with Crippen LogP contribution in [-0.4, -0.2) is 36.2 Å². The van der Waals surface area contributed by atoms with Gasteiger partial charge in [0.15, 0.2) is 0 Å².